The topological polar surface area (TPSA) is 135 Å². The van der Waals surface area contributed by atoms with Gasteiger partial charge in [0.15, 0.2) is 0 Å². The number of nitrogens with zero attached hydrogens (tertiary/aromatic N) is 5. The summed E-state index contributed by atoms with van der Waals surface area (Å²) in [6.45, 7) is 3.52. The molecular weight excluding hydrogens is 962 g/mol. The molecule has 10 nitrogen and oxygen atoms in total. The number of alkyl halides is 6. The second kappa shape index (κ2) is 21.4. The van der Waals surface area contributed by atoms with Crippen LogP contribution in [0.4, 0.5) is 31.1 Å². The first-order chi connectivity index (χ1) is 26.6. The molecule has 0 saturated carbocycles. The third-order valence-corrected chi connectivity index (χ3v) is 13.7. The zero-order valence-electron chi connectivity index (χ0n) is 31.7. The molecule has 2 aromatic heterocycles. The van der Waals surface area contributed by atoms with E-state index in [1.807, 2.05) is 29.4 Å². The number of fused-ring (bicyclic) bond motifs is 3. The van der Waals surface area contributed by atoms with Crippen LogP contribution in [0.25, 0.3) is 11.1 Å². The fourth-order valence-corrected chi connectivity index (χ4v) is 7.95. The fourth-order valence-electron chi connectivity index (χ4n) is 5.24. The molecule has 5 rings (SSSR count). The van der Waals surface area contributed by atoms with E-state index in [0.29, 0.717) is 11.1 Å². The number of nitrogens with one attached hydrogen (secondary N) is 1. The predicted octanol–water partition coefficient (Wildman–Crippen LogP) is 10.3. The molecule has 4 atom stereocenters. The van der Waals surface area contributed by atoms with Gasteiger partial charge in [-0.15, -0.1) is 29.0 Å². The van der Waals surface area contributed by atoms with Gasteiger partial charge in [0, 0.05) is 44.9 Å². The first-order valence-corrected chi connectivity index (χ1v) is 21.4. The minimum Gasteiger partial charge on any atom is -0.446 e. The monoisotopic (exact) mass is 1000 g/mol. The van der Waals surface area contributed by atoms with E-state index >= 15 is 0 Å². The minimum absolute atomic E-state index is 0. The highest BCUT2D eigenvalue weighted by molar-refractivity contribution is 14.0. The van der Waals surface area contributed by atoms with Crippen molar-refractivity contribution in [3.05, 3.63) is 119 Å². The van der Waals surface area contributed by atoms with Gasteiger partial charge in [-0.2, -0.15) is 30.7 Å². The third kappa shape index (κ3) is 13.6. The molecule has 2 heterocycles. The number of thiocarbonyl (C=S) groups is 2. The number of halogens is 7. The van der Waals surface area contributed by atoms with E-state index in [4.69, 9.17) is 17.0 Å². The molecule has 314 valence electrons. The highest BCUT2D eigenvalue weighted by atomic mass is 127. The summed E-state index contributed by atoms with van der Waals surface area (Å²) < 4.78 is 111. The first-order valence-electron chi connectivity index (χ1n) is 16.6. The Balaban J connectivity index is 0.000000299. The molecule has 1 aliphatic carbocycles. The molecule has 1 amide bonds. The van der Waals surface area contributed by atoms with Gasteiger partial charge in [0.05, 0.1) is 35.1 Å². The molecule has 58 heavy (non-hydrogen) atoms. The van der Waals surface area contributed by atoms with E-state index < -0.39 is 59.8 Å². The van der Waals surface area contributed by atoms with Crippen LogP contribution in [-0.4, -0.2) is 68.0 Å². The molecule has 0 saturated heterocycles. The number of carbonyl (C=O) groups excluding carboxylic acids is 1. The summed E-state index contributed by atoms with van der Waals surface area (Å²) in [6.07, 6.45) is -4.61. The molecule has 0 aliphatic heterocycles. The maximum Gasteiger partial charge on any atom is 0.442 e. The molecule has 2 aromatic carbocycles. The van der Waals surface area contributed by atoms with Gasteiger partial charge in [0.1, 0.15) is 18.0 Å². The van der Waals surface area contributed by atoms with Crippen LogP contribution in [0.2, 0.25) is 0 Å². The number of hydrogen-bond donors (Lipinski definition) is 1. The Kier molecular flexibility index (Phi) is 18.5. The van der Waals surface area contributed by atoms with Gasteiger partial charge in [-0.05, 0) is 83.8 Å². The molecule has 0 radical (unpaired) electrons. The standard InChI is InChI=1S/C16H11NO2S.C11H14F3N3OS2.C10H13F3N2OS.HI/c18-16(17-10-20)19-9-15-13-7-3-1-5-11(13)12-6-2-4-8-14(12)15;1-7(20(3,18)17-10(19)15-2)8-4-5-9(16-6-8)11(12,13)14;1-7(17(3,16)14-2)8-4-5-9(15-6-8)10(11,12)13;/h1-8,15H,9H2;4-7H,1-3H3,(H,15,19);4-7H,1-3H3;1H. The zero-order valence-corrected chi connectivity index (χ0v) is 37.3. The summed E-state index contributed by atoms with van der Waals surface area (Å²) in [5.41, 5.74) is 3.69. The molecule has 0 bridgehead atoms. The lowest BCUT2D eigenvalue weighted by Gasteiger charge is -2.15. The molecule has 4 aromatic rings. The molecular formula is C37H39F6IN6O4S4. The number of aromatic nitrogens is 2. The smallest absolute Gasteiger partial charge is 0.442 e. The Morgan fingerprint density at radius 3 is 1.62 bits per heavy atom. The van der Waals surface area contributed by atoms with Gasteiger partial charge in [0.2, 0.25) is 5.11 Å². The van der Waals surface area contributed by atoms with Crippen molar-refractivity contribution >= 4 is 84.2 Å². The first kappa shape index (κ1) is 50.3. The highest BCUT2D eigenvalue weighted by Crippen LogP contribution is 2.44. The molecule has 0 spiro atoms. The van der Waals surface area contributed by atoms with Crippen molar-refractivity contribution in [2.24, 2.45) is 13.7 Å². The lowest BCUT2D eigenvalue weighted by molar-refractivity contribution is -0.142. The number of rotatable bonds is 6. The summed E-state index contributed by atoms with van der Waals surface area (Å²) in [5, 5.41) is 3.63. The quantitative estimate of drug-likeness (QED) is 0.0867. The van der Waals surface area contributed by atoms with Gasteiger partial charge in [-0.3, -0.25) is 9.97 Å². The number of amides is 1. The van der Waals surface area contributed by atoms with Crippen LogP contribution >= 0.6 is 48.4 Å². The van der Waals surface area contributed by atoms with Crippen LogP contribution in [0.3, 0.4) is 0 Å². The summed E-state index contributed by atoms with van der Waals surface area (Å²) in [4.78, 5) is 21.3. The van der Waals surface area contributed by atoms with E-state index in [1.165, 1.54) is 53.9 Å². The van der Waals surface area contributed by atoms with Crippen molar-refractivity contribution in [1.82, 2.24) is 15.3 Å². The Hall–Kier alpha value is -3.89. The van der Waals surface area contributed by atoms with Crippen molar-refractivity contribution in [2.45, 2.75) is 42.6 Å². The average Bonchev–Trinajstić information content (AvgIpc) is 3.49. The van der Waals surface area contributed by atoms with Crippen molar-refractivity contribution in [2.75, 3.05) is 33.2 Å². The van der Waals surface area contributed by atoms with Crippen LogP contribution in [0.15, 0.2) is 98.9 Å². The lowest BCUT2D eigenvalue weighted by Crippen LogP contribution is -2.18. The van der Waals surface area contributed by atoms with Crippen LogP contribution in [0.1, 0.15) is 63.9 Å². The minimum atomic E-state index is -4.49. The maximum atomic E-state index is 12.4. The van der Waals surface area contributed by atoms with Gasteiger partial charge in [-0.25, -0.2) is 17.6 Å². The SMILES string of the molecule is CN=S(C)(=O)C(C)c1ccc(C(F)(F)F)nc1.CNC(=S)N=S(C)(=O)C(C)c1ccc(C(F)(F)F)nc1.I.O=C(N=C=S)OCC1c2ccccc2-c2ccccc21. The number of ether oxygens (including phenoxy) is 1. The Labute approximate surface area is 361 Å². The number of pyridine rings is 2. The van der Waals surface area contributed by atoms with Crippen molar-refractivity contribution in [3.8, 4) is 11.1 Å². The van der Waals surface area contributed by atoms with Crippen LogP contribution in [-0.2, 0) is 36.5 Å². The highest BCUT2D eigenvalue weighted by Gasteiger charge is 2.34. The normalized spacial score (nSPS) is 14.8. The van der Waals surface area contributed by atoms with Crippen LogP contribution in [0, 0.1) is 0 Å². The summed E-state index contributed by atoms with van der Waals surface area (Å²) in [7, 11) is -2.19. The van der Waals surface area contributed by atoms with Gasteiger partial charge < -0.3 is 10.1 Å². The Morgan fingerprint density at radius 1 is 0.828 bits per heavy atom. The molecule has 1 N–H and O–H groups in total. The second-order valence-corrected chi connectivity index (χ2v) is 18.3. The number of carbonyl (C=O) groups is 1. The van der Waals surface area contributed by atoms with Crippen LogP contribution < -0.4 is 5.32 Å². The van der Waals surface area contributed by atoms with E-state index in [1.54, 1.807) is 20.9 Å². The van der Waals surface area contributed by atoms with E-state index in [2.05, 4.69) is 65.5 Å². The number of benzene rings is 2. The molecule has 21 heteroatoms. The summed E-state index contributed by atoms with van der Waals surface area (Å²) in [5.74, 6) is 0.0478. The second-order valence-electron chi connectivity index (χ2n) is 12.3. The number of isothiocyanates is 1. The van der Waals surface area contributed by atoms with E-state index in [-0.39, 0.29) is 41.6 Å². The van der Waals surface area contributed by atoms with Gasteiger partial charge >= 0.3 is 18.4 Å². The Bertz CT molecular complexity index is 2310. The lowest BCUT2D eigenvalue weighted by atomic mass is 9.98. The molecule has 0 fully saturated rings. The van der Waals surface area contributed by atoms with Gasteiger partial charge in [0.25, 0.3) is 0 Å². The van der Waals surface area contributed by atoms with E-state index in [0.717, 1.165) is 24.5 Å². The van der Waals surface area contributed by atoms with Gasteiger partial charge in [-0.1, -0.05) is 60.7 Å². The average molecular weight is 1000 g/mol. The van der Waals surface area contributed by atoms with Crippen molar-refractivity contribution < 1.29 is 44.3 Å². The largest absolute Gasteiger partial charge is 0.446 e. The maximum absolute atomic E-state index is 12.4. The van der Waals surface area contributed by atoms with Crippen molar-refractivity contribution in [1.29, 1.82) is 0 Å². The van der Waals surface area contributed by atoms with Crippen molar-refractivity contribution in [3.63, 3.8) is 0 Å². The van der Waals surface area contributed by atoms with Crippen LogP contribution in [0.5, 0.6) is 0 Å². The zero-order chi connectivity index (χ0) is 42.8. The predicted molar refractivity (Wildman–Crippen MR) is 231 cm³/mol. The van der Waals surface area contributed by atoms with E-state index in [9.17, 15) is 39.6 Å². The molecule has 4 unspecified atom stereocenters. The Morgan fingerprint density at radius 2 is 1.26 bits per heavy atom. The summed E-state index contributed by atoms with van der Waals surface area (Å²) >= 11 is 9.21. The fraction of sp³-hybridized carbons (Fsp3) is 0.324. The summed E-state index contributed by atoms with van der Waals surface area (Å²) in [6, 6.07) is 20.6. The number of hydrogen-bond acceptors (Lipinski definition) is 9. The third-order valence-electron chi connectivity index (χ3n) is 8.72. The number of aliphatic imine (C=N–C) groups is 1. The molecule has 1 aliphatic rings.